The Morgan fingerprint density at radius 3 is 2.60 bits per heavy atom. The molecule has 2 N–H and O–H groups in total. The van der Waals surface area contributed by atoms with E-state index in [1.807, 2.05) is 24.3 Å². The van der Waals surface area contributed by atoms with Crippen molar-refractivity contribution >= 4 is 40.7 Å². The summed E-state index contributed by atoms with van der Waals surface area (Å²) in [4.78, 5) is 4.38. The molecule has 0 bridgehead atoms. The molecule has 0 aliphatic heterocycles. The highest BCUT2D eigenvalue weighted by Gasteiger charge is 2.05. The Morgan fingerprint density at radius 1 is 1.08 bits per heavy atom. The van der Waals surface area contributed by atoms with E-state index in [-0.39, 0.29) is 0 Å². The Balaban J connectivity index is 1.71. The monoisotopic (exact) mass is 375 g/mol. The van der Waals surface area contributed by atoms with E-state index in [0.29, 0.717) is 34.0 Å². The van der Waals surface area contributed by atoms with Crippen molar-refractivity contribution in [3.63, 3.8) is 0 Å². The predicted octanol–water partition coefficient (Wildman–Crippen LogP) is 4.54. The van der Waals surface area contributed by atoms with Crippen LogP contribution in [0, 0.1) is 0 Å². The van der Waals surface area contributed by atoms with Crippen LogP contribution in [0.2, 0.25) is 10.0 Å². The molecule has 0 amide bonds. The topological polar surface area (TPSA) is 72.0 Å². The van der Waals surface area contributed by atoms with Crippen LogP contribution < -0.4 is 15.4 Å². The number of anilines is 3. The lowest BCUT2D eigenvalue weighted by Gasteiger charge is -2.10. The molecule has 0 aliphatic carbocycles. The van der Waals surface area contributed by atoms with E-state index in [2.05, 4.69) is 25.8 Å². The molecule has 25 heavy (non-hydrogen) atoms. The van der Waals surface area contributed by atoms with Crippen LogP contribution in [0.4, 0.5) is 17.5 Å². The molecule has 0 radical (unpaired) electrons. The van der Waals surface area contributed by atoms with Crippen LogP contribution in [0.25, 0.3) is 0 Å². The number of nitrogens with zero attached hydrogens (tertiary/aromatic N) is 3. The standard InChI is InChI=1S/C17H15Cl2N5O/c1-25-15-5-3-2-4-11(15)9-20-16-10-21-24-17(23-16)22-14-7-12(18)6-13(19)8-14/h2-8,10H,9H2,1H3,(H2,20,22,23,24). The summed E-state index contributed by atoms with van der Waals surface area (Å²) in [6.07, 6.45) is 1.55. The Bertz CT molecular complexity index is 855. The van der Waals surface area contributed by atoms with Crippen LogP contribution in [0.15, 0.2) is 48.7 Å². The second kappa shape index (κ2) is 8.00. The zero-order chi connectivity index (χ0) is 17.6. The van der Waals surface area contributed by atoms with Gasteiger partial charge >= 0.3 is 0 Å². The normalized spacial score (nSPS) is 10.4. The van der Waals surface area contributed by atoms with Gasteiger partial charge in [-0.2, -0.15) is 10.1 Å². The summed E-state index contributed by atoms with van der Waals surface area (Å²) in [7, 11) is 1.64. The maximum absolute atomic E-state index is 5.99. The van der Waals surface area contributed by atoms with E-state index in [1.165, 1.54) is 0 Å². The van der Waals surface area contributed by atoms with Gasteiger partial charge in [-0.25, -0.2) is 0 Å². The van der Waals surface area contributed by atoms with Gasteiger partial charge in [-0.05, 0) is 24.3 Å². The van der Waals surface area contributed by atoms with Gasteiger partial charge in [0, 0.05) is 27.8 Å². The van der Waals surface area contributed by atoms with Crippen LogP contribution in [0.5, 0.6) is 5.75 Å². The molecule has 2 aromatic carbocycles. The Labute approximate surface area is 155 Å². The van der Waals surface area contributed by atoms with Crippen molar-refractivity contribution in [3.05, 3.63) is 64.3 Å². The summed E-state index contributed by atoms with van der Waals surface area (Å²) >= 11 is 12.0. The zero-order valence-electron chi connectivity index (χ0n) is 13.3. The summed E-state index contributed by atoms with van der Waals surface area (Å²) in [5.41, 5.74) is 1.70. The molecule has 0 spiro atoms. The lowest BCUT2D eigenvalue weighted by Crippen LogP contribution is -2.06. The third kappa shape index (κ3) is 4.71. The van der Waals surface area contributed by atoms with Crippen LogP contribution in [0.1, 0.15) is 5.56 Å². The highest BCUT2D eigenvalue weighted by atomic mass is 35.5. The van der Waals surface area contributed by atoms with E-state index in [4.69, 9.17) is 27.9 Å². The molecule has 1 aromatic heterocycles. The van der Waals surface area contributed by atoms with Gasteiger partial charge in [0.15, 0.2) is 5.82 Å². The minimum absolute atomic E-state index is 0.336. The van der Waals surface area contributed by atoms with E-state index >= 15 is 0 Å². The quantitative estimate of drug-likeness (QED) is 0.658. The predicted molar refractivity (Wildman–Crippen MR) is 99.9 cm³/mol. The molecule has 128 valence electrons. The van der Waals surface area contributed by atoms with Gasteiger partial charge < -0.3 is 15.4 Å². The van der Waals surface area contributed by atoms with Gasteiger partial charge in [0.25, 0.3) is 0 Å². The number of hydrogen-bond donors (Lipinski definition) is 2. The van der Waals surface area contributed by atoms with Gasteiger partial charge in [-0.15, -0.1) is 5.10 Å². The average molecular weight is 376 g/mol. The summed E-state index contributed by atoms with van der Waals surface area (Å²) < 4.78 is 5.33. The first-order chi connectivity index (χ1) is 12.1. The lowest BCUT2D eigenvalue weighted by atomic mass is 10.2. The first kappa shape index (κ1) is 17.3. The largest absolute Gasteiger partial charge is 0.496 e. The van der Waals surface area contributed by atoms with E-state index < -0.39 is 0 Å². The van der Waals surface area contributed by atoms with Gasteiger partial charge in [0.1, 0.15) is 5.75 Å². The molecular weight excluding hydrogens is 361 g/mol. The van der Waals surface area contributed by atoms with E-state index in [1.54, 1.807) is 31.5 Å². The Morgan fingerprint density at radius 2 is 1.84 bits per heavy atom. The van der Waals surface area contributed by atoms with E-state index in [0.717, 1.165) is 11.3 Å². The fraction of sp³-hybridized carbons (Fsp3) is 0.118. The number of ether oxygens (including phenoxy) is 1. The van der Waals surface area contributed by atoms with Crippen molar-refractivity contribution in [3.8, 4) is 5.75 Å². The van der Waals surface area contributed by atoms with Crippen LogP contribution in [-0.2, 0) is 6.54 Å². The summed E-state index contributed by atoms with van der Waals surface area (Å²) in [6.45, 7) is 0.547. The van der Waals surface area contributed by atoms with Crippen molar-refractivity contribution in [1.29, 1.82) is 0 Å². The summed E-state index contributed by atoms with van der Waals surface area (Å²) in [5.74, 6) is 1.73. The summed E-state index contributed by atoms with van der Waals surface area (Å²) in [5, 5.41) is 15.2. The number of benzene rings is 2. The molecule has 3 rings (SSSR count). The molecule has 3 aromatic rings. The SMILES string of the molecule is COc1ccccc1CNc1cnnc(Nc2cc(Cl)cc(Cl)c2)n1. The molecular formula is C17H15Cl2N5O. The second-order valence-electron chi connectivity index (χ2n) is 5.11. The van der Waals surface area contributed by atoms with Gasteiger partial charge in [-0.1, -0.05) is 41.4 Å². The Kier molecular flexibility index (Phi) is 5.53. The molecule has 0 saturated heterocycles. The number of methoxy groups -OCH3 is 1. The molecule has 0 aliphatic rings. The first-order valence-electron chi connectivity index (χ1n) is 7.42. The third-order valence-electron chi connectivity index (χ3n) is 3.33. The van der Waals surface area contributed by atoms with Crippen molar-refractivity contribution in [2.75, 3.05) is 17.7 Å². The fourth-order valence-electron chi connectivity index (χ4n) is 2.23. The molecule has 1 heterocycles. The van der Waals surface area contributed by atoms with Crippen molar-refractivity contribution in [2.45, 2.75) is 6.54 Å². The smallest absolute Gasteiger partial charge is 0.249 e. The third-order valence-corrected chi connectivity index (χ3v) is 3.77. The van der Waals surface area contributed by atoms with Crippen LogP contribution >= 0.6 is 23.2 Å². The first-order valence-corrected chi connectivity index (χ1v) is 8.18. The lowest BCUT2D eigenvalue weighted by molar-refractivity contribution is 0.410. The highest BCUT2D eigenvalue weighted by molar-refractivity contribution is 6.35. The number of rotatable bonds is 6. The number of hydrogen-bond acceptors (Lipinski definition) is 6. The van der Waals surface area contributed by atoms with Crippen molar-refractivity contribution in [1.82, 2.24) is 15.2 Å². The van der Waals surface area contributed by atoms with Gasteiger partial charge in [-0.3, -0.25) is 0 Å². The minimum atomic E-state index is 0.336. The summed E-state index contributed by atoms with van der Waals surface area (Å²) in [6, 6.07) is 12.9. The highest BCUT2D eigenvalue weighted by Crippen LogP contribution is 2.24. The zero-order valence-corrected chi connectivity index (χ0v) is 14.8. The minimum Gasteiger partial charge on any atom is -0.496 e. The average Bonchev–Trinajstić information content (AvgIpc) is 2.59. The van der Waals surface area contributed by atoms with Crippen LogP contribution in [0.3, 0.4) is 0 Å². The maximum Gasteiger partial charge on any atom is 0.249 e. The Hall–Kier alpha value is -2.57. The number of aromatic nitrogens is 3. The number of para-hydroxylation sites is 1. The molecule has 0 saturated carbocycles. The molecule has 6 nitrogen and oxygen atoms in total. The molecule has 0 fully saturated rings. The van der Waals surface area contributed by atoms with Gasteiger partial charge in [0.2, 0.25) is 5.95 Å². The fourth-order valence-corrected chi connectivity index (χ4v) is 2.76. The van der Waals surface area contributed by atoms with Crippen molar-refractivity contribution < 1.29 is 4.74 Å². The van der Waals surface area contributed by atoms with Crippen molar-refractivity contribution in [2.24, 2.45) is 0 Å². The second-order valence-corrected chi connectivity index (χ2v) is 5.99. The number of halogens is 2. The molecule has 8 heteroatoms. The molecule has 0 unspecified atom stereocenters. The maximum atomic E-state index is 5.99. The number of nitrogens with one attached hydrogen (secondary N) is 2. The van der Waals surface area contributed by atoms with E-state index in [9.17, 15) is 0 Å². The van der Waals surface area contributed by atoms with Gasteiger partial charge in [0.05, 0.1) is 13.3 Å². The van der Waals surface area contributed by atoms with Crippen LogP contribution in [-0.4, -0.2) is 22.3 Å². The molecule has 0 atom stereocenters.